The number of likely N-dealkylation sites (tertiary alicyclic amines) is 1. The molecule has 7 heteroatoms. The largest absolute Gasteiger partial charge is 0.494 e. The predicted molar refractivity (Wildman–Crippen MR) is 110 cm³/mol. The Morgan fingerprint density at radius 1 is 1.04 bits per heavy atom. The summed E-state index contributed by atoms with van der Waals surface area (Å²) in [6.07, 6.45) is 3.29. The first kappa shape index (κ1) is 20.2. The second-order valence-electron chi connectivity index (χ2n) is 6.89. The highest BCUT2D eigenvalue weighted by Crippen LogP contribution is 2.24. The Labute approximate surface area is 166 Å². The van der Waals surface area contributed by atoms with Crippen LogP contribution in [0.25, 0.3) is 0 Å². The molecule has 2 aromatic carbocycles. The van der Waals surface area contributed by atoms with E-state index in [0.717, 1.165) is 31.5 Å². The molecule has 0 aliphatic carbocycles. The van der Waals surface area contributed by atoms with Gasteiger partial charge in [0.2, 0.25) is 10.0 Å². The number of nitrogens with zero attached hydrogens (tertiary/aromatic N) is 2. The molecule has 6 nitrogen and oxygen atoms in total. The molecule has 0 bridgehead atoms. The summed E-state index contributed by atoms with van der Waals surface area (Å²) in [7, 11) is -3.46. The monoisotopic (exact) mass is 402 g/mol. The van der Waals surface area contributed by atoms with Crippen LogP contribution in [0.3, 0.4) is 0 Å². The van der Waals surface area contributed by atoms with Crippen molar-refractivity contribution >= 4 is 21.6 Å². The number of hydrogen-bond donors (Lipinski definition) is 0. The van der Waals surface area contributed by atoms with E-state index >= 15 is 0 Å². The summed E-state index contributed by atoms with van der Waals surface area (Å²) >= 11 is 0. The maximum Gasteiger partial charge on any atom is 0.253 e. The molecule has 1 heterocycles. The topological polar surface area (TPSA) is 66.9 Å². The molecule has 0 N–H and O–H groups in total. The van der Waals surface area contributed by atoms with Crippen LogP contribution in [0.5, 0.6) is 5.75 Å². The molecule has 1 aliphatic heterocycles. The van der Waals surface area contributed by atoms with Gasteiger partial charge in [0, 0.05) is 18.7 Å². The molecule has 0 saturated carbocycles. The van der Waals surface area contributed by atoms with E-state index < -0.39 is 10.0 Å². The van der Waals surface area contributed by atoms with Crippen LogP contribution in [-0.4, -0.2) is 45.2 Å². The van der Waals surface area contributed by atoms with E-state index in [1.54, 1.807) is 36.4 Å². The molecule has 1 saturated heterocycles. The van der Waals surface area contributed by atoms with Crippen LogP contribution in [0.15, 0.2) is 48.5 Å². The number of anilines is 1. The third-order valence-electron chi connectivity index (χ3n) is 4.76. The van der Waals surface area contributed by atoms with Crippen molar-refractivity contribution in [2.24, 2.45) is 0 Å². The van der Waals surface area contributed by atoms with E-state index in [2.05, 4.69) is 0 Å². The van der Waals surface area contributed by atoms with E-state index in [1.165, 1.54) is 10.6 Å². The van der Waals surface area contributed by atoms with Crippen molar-refractivity contribution in [3.8, 4) is 5.75 Å². The van der Waals surface area contributed by atoms with Gasteiger partial charge < -0.3 is 9.64 Å². The predicted octanol–water partition coefficient (Wildman–Crippen LogP) is 3.29. The average Bonchev–Trinajstić information content (AvgIpc) is 3.21. The van der Waals surface area contributed by atoms with E-state index in [0.29, 0.717) is 23.6 Å². The van der Waals surface area contributed by atoms with E-state index in [9.17, 15) is 13.2 Å². The van der Waals surface area contributed by atoms with Gasteiger partial charge >= 0.3 is 0 Å². The summed E-state index contributed by atoms with van der Waals surface area (Å²) in [5.74, 6) is 0.736. The number of amides is 1. The van der Waals surface area contributed by atoms with Crippen molar-refractivity contribution in [2.45, 2.75) is 26.3 Å². The summed E-state index contributed by atoms with van der Waals surface area (Å²) < 4.78 is 31.4. The van der Waals surface area contributed by atoms with Gasteiger partial charge in [0.25, 0.3) is 5.91 Å². The number of carbonyl (C=O) groups excluding carboxylic acids is 1. The van der Waals surface area contributed by atoms with Crippen molar-refractivity contribution < 1.29 is 17.9 Å². The smallest absolute Gasteiger partial charge is 0.253 e. The summed E-state index contributed by atoms with van der Waals surface area (Å²) in [6.45, 7) is 4.26. The van der Waals surface area contributed by atoms with Crippen LogP contribution in [0.1, 0.15) is 35.7 Å². The molecule has 0 aromatic heterocycles. The Hall–Kier alpha value is -2.54. The Morgan fingerprint density at radius 2 is 1.64 bits per heavy atom. The van der Waals surface area contributed by atoms with Gasteiger partial charge in [-0.05, 0) is 61.7 Å². The molecule has 0 spiro atoms. The molecule has 0 atom stereocenters. The van der Waals surface area contributed by atoms with Crippen molar-refractivity contribution in [3.63, 3.8) is 0 Å². The zero-order chi connectivity index (χ0) is 20.1. The molecule has 3 rings (SSSR count). The van der Waals surface area contributed by atoms with Crippen molar-refractivity contribution in [2.75, 3.05) is 30.3 Å². The fraction of sp³-hybridized carbons (Fsp3) is 0.381. The van der Waals surface area contributed by atoms with Gasteiger partial charge in [-0.25, -0.2) is 8.42 Å². The van der Waals surface area contributed by atoms with Gasteiger partial charge in [0.05, 0.1) is 25.1 Å². The molecule has 1 fully saturated rings. The lowest BCUT2D eigenvalue weighted by Crippen LogP contribution is -2.29. The van der Waals surface area contributed by atoms with Gasteiger partial charge in [-0.3, -0.25) is 9.10 Å². The summed E-state index contributed by atoms with van der Waals surface area (Å²) in [4.78, 5) is 14.3. The highest BCUT2D eigenvalue weighted by atomic mass is 32.2. The average molecular weight is 403 g/mol. The SMILES string of the molecule is CCOc1ccc(N(Cc2ccc(C(=O)N3CCCC3)cc2)S(C)(=O)=O)cc1. The molecular formula is C21H26N2O4S. The zero-order valence-electron chi connectivity index (χ0n) is 16.3. The minimum absolute atomic E-state index is 0.0375. The van der Waals surface area contributed by atoms with Crippen LogP contribution >= 0.6 is 0 Å². The number of rotatable bonds is 7. The van der Waals surface area contributed by atoms with E-state index in [4.69, 9.17) is 4.74 Å². The molecule has 150 valence electrons. The molecule has 0 unspecified atom stereocenters. The summed E-state index contributed by atoms with van der Waals surface area (Å²) in [6, 6.07) is 14.2. The van der Waals surface area contributed by atoms with Gasteiger partial charge in [0.15, 0.2) is 0 Å². The first-order valence-electron chi connectivity index (χ1n) is 9.47. The Kier molecular flexibility index (Phi) is 6.24. The fourth-order valence-electron chi connectivity index (χ4n) is 3.30. The van der Waals surface area contributed by atoms with Crippen molar-refractivity contribution in [1.29, 1.82) is 0 Å². The number of benzene rings is 2. The normalized spacial score (nSPS) is 14.1. The second kappa shape index (κ2) is 8.65. The van der Waals surface area contributed by atoms with Gasteiger partial charge in [0.1, 0.15) is 5.75 Å². The molecule has 0 radical (unpaired) electrons. The van der Waals surface area contributed by atoms with E-state index in [-0.39, 0.29) is 12.5 Å². The first-order chi connectivity index (χ1) is 13.4. The second-order valence-corrected chi connectivity index (χ2v) is 8.80. The lowest BCUT2D eigenvalue weighted by Gasteiger charge is -2.23. The zero-order valence-corrected chi connectivity index (χ0v) is 17.1. The summed E-state index contributed by atoms with van der Waals surface area (Å²) in [5.41, 5.74) is 2.03. The third-order valence-corrected chi connectivity index (χ3v) is 5.90. The third kappa shape index (κ3) is 4.84. The van der Waals surface area contributed by atoms with Crippen LogP contribution in [-0.2, 0) is 16.6 Å². The van der Waals surface area contributed by atoms with Crippen LogP contribution in [0.2, 0.25) is 0 Å². The number of carbonyl (C=O) groups is 1. The Balaban J connectivity index is 1.76. The minimum atomic E-state index is -3.46. The quantitative estimate of drug-likeness (QED) is 0.713. The lowest BCUT2D eigenvalue weighted by atomic mass is 10.1. The molecule has 1 amide bonds. The fourth-order valence-corrected chi connectivity index (χ4v) is 4.18. The molecule has 2 aromatic rings. The highest BCUT2D eigenvalue weighted by molar-refractivity contribution is 7.92. The number of sulfonamides is 1. The minimum Gasteiger partial charge on any atom is -0.494 e. The Morgan fingerprint density at radius 3 is 2.18 bits per heavy atom. The van der Waals surface area contributed by atoms with Gasteiger partial charge in [-0.2, -0.15) is 0 Å². The standard InChI is InChI=1S/C21H26N2O4S/c1-3-27-20-12-10-19(11-13-20)23(28(2,25)26)16-17-6-8-18(9-7-17)21(24)22-14-4-5-15-22/h6-13H,3-5,14-16H2,1-2H3. The Bertz CT molecular complexity index is 902. The molecular weight excluding hydrogens is 376 g/mol. The summed E-state index contributed by atoms with van der Waals surface area (Å²) in [5, 5.41) is 0. The highest BCUT2D eigenvalue weighted by Gasteiger charge is 2.21. The maximum atomic E-state index is 12.5. The molecule has 28 heavy (non-hydrogen) atoms. The maximum absolute atomic E-state index is 12.5. The lowest BCUT2D eigenvalue weighted by molar-refractivity contribution is 0.0793. The van der Waals surface area contributed by atoms with Crippen molar-refractivity contribution in [3.05, 3.63) is 59.7 Å². The first-order valence-corrected chi connectivity index (χ1v) is 11.3. The van der Waals surface area contributed by atoms with Crippen LogP contribution in [0, 0.1) is 0 Å². The number of ether oxygens (including phenoxy) is 1. The van der Waals surface area contributed by atoms with Gasteiger partial charge in [-0.15, -0.1) is 0 Å². The van der Waals surface area contributed by atoms with Gasteiger partial charge in [-0.1, -0.05) is 12.1 Å². The number of hydrogen-bond acceptors (Lipinski definition) is 4. The molecule has 1 aliphatic rings. The van der Waals surface area contributed by atoms with Crippen LogP contribution in [0.4, 0.5) is 5.69 Å². The van der Waals surface area contributed by atoms with E-state index in [1.807, 2.05) is 24.0 Å². The van der Waals surface area contributed by atoms with Crippen molar-refractivity contribution in [1.82, 2.24) is 4.90 Å². The van der Waals surface area contributed by atoms with Crippen LogP contribution < -0.4 is 9.04 Å².